The molecule has 1 aliphatic heterocycles. The van der Waals surface area contributed by atoms with Crippen LogP contribution >= 0.6 is 0 Å². The topological polar surface area (TPSA) is 131 Å². The Kier molecular flexibility index (Phi) is 5.70. The van der Waals surface area contributed by atoms with E-state index in [1.165, 1.54) is 30.3 Å². The number of hydrogen-bond acceptors (Lipinski definition) is 6. The number of aliphatic hydroxyl groups excluding tert-OH is 1. The van der Waals surface area contributed by atoms with Crippen LogP contribution in [0.2, 0.25) is 0 Å². The molecule has 4 rings (SSSR count). The molecule has 1 unspecified atom stereocenters. The Morgan fingerprint density at radius 3 is 2.53 bits per heavy atom. The number of aryl methyl sites for hydroxylation is 1. The minimum absolute atomic E-state index is 0.137. The zero-order chi connectivity index (χ0) is 22.0. The van der Waals surface area contributed by atoms with Gasteiger partial charge in [0.15, 0.2) is 5.82 Å². The summed E-state index contributed by atoms with van der Waals surface area (Å²) >= 11 is 0. The third-order valence-electron chi connectivity index (χ3n) is 4.17. The summed E-state index contributed by atoms with van der Waals surface area (Å²) in [7, 11) is 0. The first-order chi connectivity index (χ1) is 14.2. The summed E-state index contributed by atoms with van der Waals surface area (Å²) in [6, 6.07) is 10.2. The van der Waals surface area contributed by atoms with Crippen LogP contribution in [0.4, 0.5) is 10.1 Å². The summed E-state index contributed by atoms with van der Waals surface area (Å²) in [5.74, 6) is -1.10. The van der Waals surface area contributed by atoms with Gasteiger partial charge >= 0.3 is 0 Å². The Balaban J connectivity index is 0.000000589. The van der Waals surface area contributed by atoms with Crippen molar-refractivity contribution in [3.63, 3.8) is 0 Å². The van der Waals surface area contributed by atoms with E-state index in [0.29, 0.717) is 16.9 Å². The van der Waals surface area contributed by atoms with Crippen LogP contribution in [0, 0.1) is 22.9 Å². The number of aliphatic hydroxyl groups is 1. The lowest BCUT2D eigenvalue weighted by molar-refractivity contribution is -0.384. The molecule has 1 atom stereocenters. The summed E-state index contributed by atoms with van der Waals surface area (Å²) in [6.45, 7) is 2.85. The predicted octanol–water partition coefficient (Wildman–Crippen LogP) is 3.16. The van der Waals surface area contributed by atoms with Gasteiger partial charge in [-0.15, -0.1) is 0 Å². The van der Waals surface area contributed by atoms with Crippen molar-refractivity contribution in [2.24, 2.45) is 4.99 Å². The van der Waals surface area contributed by atoms with Crippen LogP contribution in [0.25, 0.3) is 5.69 Å². The van der Waals surface area contributed by atoms with Crippen molar-refractivity contribution in [1.82, 2.24) is 9.55 Å². The number of carboxylic acids is 1. The average molecular weight is 412 g/mol. The van der Waals surface area contributed by atoms with E-state index in [4.69, 9.17) is 9.90 Å². The molecule has 0 amide bonds. The maximum Gasteiger partial charge on any atom is 0.300 e. The number of nitro benzene ring substituents is 1. The van der Waals surface area contributed by atoms with Gasteiger partial charge in [-0.1, -0.05) is 12.1 Å². The van der Waals surface area contributed by atoms with Gasteiger partial charge in [-0.2, -0.15) is 0 Å². The Morgan fingerprint density at radius 1 is 1.23 bits per heavy atom. The van der Waals surface area contributed by atoms with E-state index in [-0.39, 0.29) is 22.8 Å². The third-order valence-corrected chi connectivity index (χ3v) is 4.17. The number of aromatic nitrogens is 2. The van der Waals surface area contributed by atoms with Crippen LogP contribution in [0.3, 0.4) is 0 Å². The second kappa shape index (κ2) is 8.21. The maximum absolute atomic E-state index is 14.4. The van der Waals surface area contributed by atoms with Crippen molar-refractivity contribution in [1.29, 1.82) is 0 Å². The molecule has 0 bridgehead atoms. The van der Waals surface area contributed by atoms with E-state index in [1.807, 2.05) is 0 Å². The van der Waals surface area contributed by atoms with E-state index in [9.17, 15) is 19.6 Å². The molecule has 3 aromatic rings. The minimum Gasteiger partial charge on any atom is -0.481 e. The lowest BCUT2D eigenvalue weighted by Crippen LogP contribution is -2.09. The average Bonchev–Trinajstić information content (AvgIpc) is 3.03. The minimum atomic E-state index is -1.33. The van der Waals surface area contributed by atoms with Crippen molar-refractivity contribution >= 4 is 17.4 Å². The Labute approximate surface area is 169 Å². The van der Waals surface area contributed by atoms with Crippen LogP contribution in [0.1, 0.15) is 35.8 Å². The highest BCUT2D eigenvalue weighted by Crippen LogP contribution is 2.32. The molecule has 0 fully saturated rings. The third kappa shape index (κ3) is 4.08. The quantitative estimate of drug-likeness (QED) is 0.491. The summed E-state index contributed by atoms with van der Waals surface area (Å²) < 4.78 is 16.0. The van der Waals surface area contributed by atoms with Crippen LogP contribution in [-0.4, -0.2) is 36.4 Å². The van der Waals surface area contributed by atoms with E-state index in [0.717, 1.165) is 6.92 Å². The first-order valence-corrected chi connectivity index (χ1v) is 8.74. The second-order valence-electron chi connectivity index (χ2n) is 6.42. The van der Waals surface area contributed by atoms with Gasteiger partial charge in [0.2, 0.25) is 6.23 Å². The smallest absolute Gasteiger partial charge is 0.300 e. The number of non-ortho nitro benzene ring substituents is 1. The largest absolute Gasteiger partial charge is 0.481 e. The standard InChI is InChI=1S/C18H13FN4O3.C2H4O2/c1-10-9-22-15-7-6-11(23(25)26)8-13(15)16(21-18(24)17(22)20-10)12-4-2-3-5-14(12)19;1-2(3)4/h2-9,18,24H,1H3;1H3,(H,3,4). The highest BCUT2D eigenvalue weighted by Gasteiger charge is 2.27. The highest BCUT2D eigenvalue weighted by molar-refractivity contribution is 6.15. The van der Waals surface area contributed by atoms with Crippen molar-refractivity contribution in [3.8, 4) is 5.69 Å². The SMILES string of the molecule is CC(=O)O.Cc1cn2c(n1)C(O)N=C(c1ccccc1F)c1cc([N+](=O)[O-])ccc1-2. The number of nitro groups is 1. The van der Waals surface area contributed by atoms with E-state index >= 15 is 0 Å². The molecule has 154 valence electrons. The maximum atomic E-state index is 14.4. The summed E-state index contributed by atoms with van der Waals surface area (Å²) in [6.07, 6.45) is 0.369. The molecule has 2 heterocycles. The monoisotopic (exact) mass is 412 g/mol. The van der Waals surface area contributed by atoms with Gasteiger partial charge in [-0.05, 0) is 25.1 Å². The van der Waals surface area contributed by atoms with Gasteiger partial charge in [0.05, 0.1) is 22.0 Å². The fourth-order valence-electron chi connectivity index (χ4n) is 3.05. The molecule has 0 aliphatic carbocycles. The fraction of sp³-hybridized carbons (Fsp3) is 0.150. The van der Waals surface area contributed by atoms with Crippen molar-refractivity contribution in [2.75, 3.05) is 0 Å². The number of benzene rings is 2. The first-order valence-electron chi connectivity index (χ1n) is 8.74. The summed E-state index contributed by atoms with van der Waals surface area (Å²) in [5.41, 5.74) is 1.67. The number of fused-ring (bicyclic) bond motifs is 3. The lowest BCUT2D eigenvalue weighted by Gasteiger charge is -2.12. The highest BCUT2D eigenvalue weighted by atomic mass is 19.1. The van der Waals surface area contributed by atoms with Crippen molar-refractivity contribution < 1.29 is 24.3 Å². The molecule has 2 aromatic carbocycles. The molecular formula is C20H17FN4O5. The van der Waals surface area contributed by atoms with Gasteiger partial charge in [0, 0.05) is 36.4 Å². The van der Waals surface area contributed by atoms with E-state index in [2.05, 4.69) is 9.98 Å². The number of halogens is 1. The van der Waals surface area contributed by atoms with Gasteiger partial charge < -0.3 is 10.2 Å². The van der Waals surface area contributed by atoms with Crippen molar-refractivity contribution in [3.05, 3.63) is 87.2 Å². The molecule has 0 saturated carbocycles. The Morgan fingerprint density at radius 2 is 1.90 bits per heavy atom. The van der Waals surface area contributed by atoms with E-state index in [1.54, 1.807) is 29.8 Å². The zero-order valence-corrected chi connectivity index (χ0v) is 16.0. The van der Waals surface area contributed by atoms with Crippen molar-refractivity contribution in [2.45, 2.75) is 20.1 Å². The summed E-state index contributed by atoms with van der Waals surface area (Å²) in [4.78, 5) is 28.2. The molecule has 1 aromatic heterocycles. The normalized spacial score (nSPS) is 14.4. The number of carboxylic acid groups (broad SMARTS) is 1. The molecule has 30 heavy (non-hydrogen) atoms. The Hall–Kier alpha value is -3.92. The molecule has 2 N–H and O–H groups in total. The van der Waals surface area contributed by atoms with Gasteiger partial charge in [0.1, 0.15) is 5.82 Å². The molecular weight excluding hydrogens is 395 g/mol. The van der Waals surface area contributed by atoms with Crippen LogP contribution in [0.15, 0.2) is 53.7 Å². The molecule has 0 saturated heterocycles. The second-order valence-corrected chi connectivity index (χ2v) is 6.42. The number of hydrogen-bond donors (Lipinski definition) is 2. The fourth-order valence-corrected chi connectivity index (χ4v) is 3.05. The zero-order valence-electron chi connectivity index (χ0n) is 16.0. The lowest BCUT2D eigenvalue weighted by atomic mass is 9.99. The Bertz CT molecular complexity index is 1170. The number of imidazole rings is 1. The molecule has 10 heteroatoms. The van der Waals surface area contributed by atoms with Crippen LogP contribution in [-0.2, 0) is 4.79 Å². The first kappa shape index (κ1) is 20.8. The van der Waals surface area contributed by atoms with E-state index < -0.39 is 22.9 Å². The summed E-state index contributed by atoms with van der Waals surface area (Å²) in [5, 5.41) is 29.1. The number of rotatable bonds is 2. The van der Waals surface area contributed by atoms with Crippen LogP contribution < -0.4 is 0 Å². The molecule has 0 radical (unpaired) electrons. The molecule has 0 spiro atoms. The number of carbonyl (C=O) groups is 1. The molecule has 1 aliphatic rings. The molecule has 9 nitrogen and oxygen atoms in total. The van der Waals surface area contributed by atoms with Gasteiger partial charge in [-0.3, -0.25) is 19.5 Å². The number of aliphatic carboxylic acids is 1. The van der Waals surface area contributed by atoms with Gasteiger partial charge in [-0.25, -0.2) is 14.4 Å². The van der Waals surface area contributed by atoms with Gasteiger partial charge in [0.25, 0.3) is 11.7 Å². The predicted molar refractivity (Wildman–Crippen MR) is 105 cm³/mol. The number of nitrogens with zero attached hydrogens (tertiary/aromatic N) is 4. The van der Waals surface area contributed by atoms with Crippen LogP contribution in [0.5, 0.6) is 0 Å². The number of aliphatic imine (C=N–C) groups is 1.